The van der Waals surface area contributed by atoms with Crippen molar-refractivity contribution in [3.63, 3.8) is 0 Å². The van der Waals surface area contributed by atoms with E-state index in [1.165, 1.54) is 57.8 Å². The Morgan fingerprint density at radius 1 is 0.411 bits per heavy atom. The standard InChI is InChI=1S/C64H103NO8/c1-6-8-10-12-14-16-18-20-22-24-25-26-27-28-29-30-31-32-33-34-35-36-37-39-41-43-45-47-49-51-53-55-62(67)73-60(59-72-64(63(68)69)70-57-56-65(3,4)5)58-71-61(66)54-52-50-48-46-44-42-40-38-23-21-19-17-15-13-11-9-7-2/h8-11,14-17,20-23,25-26,28-29,31-32,40,42,46,48,60,64H,6-7,12-13,18-19,24,27,30,33-39,41,43-45,47,49-59H2,1-5H3/b10-8-,11-9-,16-14-,17-15-,22-20-,23-21-,26-25-,29-28-,32-31-,42-40-,48-46-. The van der Waals surface area contributed by atoms with Crippen LogP contribution in [0.3, 0.4) is 0 Å². The van der Waals surface area contributed by atoms with Gasteiger partial charge in [0.2, 0.25) is 0 Å². The van der Waals surface area contributed by atoms with Crippen molar-refractivity contribution in [2.45, 2.75) is 206 Å². The second kappa shape index (κ2) is 53.7. The Morgan fingerprint density at radius 2 is 0.753 bits per heavy atom. The number of likely N-dealkylation sites (N-methyl/N-ethyl adjacent to an activating group) is 1. The predicted molar refractivity (Wildman–Crippen MR) is 306 cm³/mol. The molecule has 0 saturated heterocycles. The maximum absolute atomic E-state index is 12.9. The first-order valence-corrected chi connectivity index (χ1v) is 28.3. The molecule has 0 fully saturated rings. The number of carboxylic acids is 1. The van der Waals surface area contributed by atoms with Crippen LogP contribution in [0.5, 0.6) is 0 Å². The Morgan fingerprint density at radius 3 is 1.14 bits per heavy atom. The number of allylic oxidation sites excluding steroid dienone is 22. The molecule has 0 amide bonds. The van der Waals surface area contributed by atoms with Crippen molar-refractivity contribution in [2.24, 2.45) is 0 Å². The second-order valence-corrected chi connectivity index (χ2v) is 19.5. The summed E-state index contributed by atoms with van der Waals surface area (Å²) >= 11 is 0. The van der Waals surface area contributed by atoms with Gasteiger partial charge in [-0.2, -0.15) is 0 Å². The van der Waals surface area contributed by atoms with Gasteiger partial charge in [0.25, 0.3) is 0 Å². The van der Waals surface area contributed by atoms with Gasteiger partial charge in [-0.15, -0.1) is 0 Å². The van der Waals surface area contributed by atoms with Crippen LogP contribution >= 0.6 is 0 Å². The number of hydrogen-bond donors (Lipinski definition) is 0. The number of hydrogen-bond acceptors (Lipinski definition) is 8. The minimum atomic E-state index is -1.64. The molecule has 9 nitrogen and oxygen atoms in total. The van der Waals surface area contributed by atoms with Crippen molar-refractivity contribution in [1.82, 2.24) is 0 Å². The topological polar surface area (TPSA) is 111 Å². The van der Waals surface area contributed by atoms with Crippen molar-refractivity contribution in [1.29, 1.82) is 0 Å². The fraction of sp³-hybridized carbons (Fsp3) is 0.609. The molecule has 73 heavy (non-hydrogen) atoms. The zero-order chi connectivity index (χ0) is 53.4. The molecule has 0 aliphatic heterocycles. The molecule has 0 aromatic carbocycles. The molecular formula is C64H103NO8. The van der Waals surface area contributed by atoms with Crippen LogP contribution in [0.25, 0.3) is 0 Å². The van der Waals surface area contributed by atoms with Crippen LogP contribution in [0.1, 0.15) is 194 Å². The van der Waals surface area contributed by atoms with E-state index in [4.69, 9.17) is 18.9 Å². The smallest absolute Gasteiger partial charge is 0.306 e. The third-order valence-corrected chi connectivity index (χ3v) is 11.4. The third-order valence-electron chi connectivity index (χ3n) is 11.4. The van der Waals surface area contributed by atoms with Gasteiger partial charge in [-0.05, 0) is 103 Å². The normalized spacial score (nSPS) is 13.8. The summed E-state index contributed by atoms with van der Waals surface area (Å²) < 4.78 is 22.6. The van der Waals surface area contributed by atoms with Crippen molar-refractivity contribution in [3.8, 4) is 0 Å². The lowest BCUT2D eigenvalue weighted by molar-refractivity contribution is -0.870. The lowest BCUT2D eigenvalue weighted by Gasteiger charge is -2.26. The van der Waals surface area contributed by atoms with E-state index in [9.17, 15) is 19.5 Å². The van der Waals surface area contributed by atoms with Crippen molar-refractivity contribution in [3.05, 3.63) is 134 Å². The first-order valence-electron chi connectivity index (χ1n) is 28.3. The maximum Gasteiger partial charge on any atom is 0.306 e. The zero-order valence-electron chi connectivity index (χ0n) is 46.7. The number of rotatable bonds is 50. The maximum atomic E-state index is 12.9. The van der Waals surface area contributed by atoms with E-state index >= 15 is 0 Å². The number of carboxylic acid groups (broad SMARTS) is 1. The van der Waals surface area contributed by atoms with Gasteiger partial charge in [-0.25, -0.2) is 0 Å². The molecular weight excluding hydrogens is 911 g/mol. The number of ether oxygens (including phenoxy) is 4. The summed E-state index contributed by atoms with van der Waals surface area (Å²) in [5.41, 5.74) is 0. The van der Waals surface area contributed by atoms with Crippen LogP contribution in [0.2, 0.25) is 0 Å². The molecule has 0 N–H and O–H groups in total. The van der Waals surface area contributed by atoms with Gasteiger partial charge in [0.15, 0.2) is 12.4 Å². The highest BCUT2D eigenvalue weighted by atomic mass is 16.7. The van der Waals surface area contributed by atoms with Gasteiger partial charge in [0.1, 0.15) is 13.2 Å². The van der Waals surface area contributed by atoms with Crippen molar-refractivity contribution >= 4 is 17.9 Å². The molecule has 0 aliphatic rings. The van der Waals surface area contributed by atoms with Crippen LogP contribution in [0.15, 0.2) is 134 Å². The van der Waals surface area contributed by atoms with Crippen LogP contribution in [0.4, 0.5) is 0 Å². The molecule has 0 saturated carbocycles. The van der Waals surface area contributed by atoms with E-state index in [1.54, 1.807) is 0 Å². The highest BCUT2D eigenvalue weighted by Crippen LogP contribution is 2.14. The van der Waals surface area contributed by atoms with Gasteiger partial charge in [-0.1, -0.05) is 212 Å². The highest BCUT2D eigenvalue weighted by molar-refractivity contribution is 5.70. The summed E-state index contributed by atoms with van der Waals surface area (Å²) in [5.74, 6) is -2.38. The van der Waals surface area contributed by atoms with Gasteiger partial charge in [0, 0.05) is 12.8 Å². The molecule has 9 heteroatoms. The number of aliphatic carboxylic acids is 1. The molecule has 0 aromatic heterocycles. The fourth-order valence-electron chi connectivity index (χ4n) is 7.10. The number of nitrogens with zero attached hydrogens (tertiary/aromatic N) is 1. The molecule has 0 aliphatic carbocycles. The van der Waals surface area contributed by atoms with Gasteiger partial charge in [-0.3, -0.25) is 9.59 Å². The summed E-state index contributed by atoms with van der Waals surface area (Å²) in [4.78, 5) is 37.2. The van der Waals surface area contributed by atoms with Crippen LogP contribution < -0.4 is 5.11 Å². The Labute approximate surface area is 446 Å². The quantitative estimate of drug-likeness (QED) is 0.0195. The number of esters is 2. The number of quaternary nitrogens is 1. The number of carbonyl (C=O) groups is 3. The first kappa shape index (κ1) is 68.4. The Hall–Kier alpha value is -4.57. The van der Waals surface area contributed by atoms with E-state index < -0.39 is 30.3 Å². The van der Waals surface area contributed by atoms with Crippen molar-refractivity contribution < 1.29 is 42.9 Å². The molecule has 0 spiro atoms. The summed E-state index contributed by atoms with van der Waals surface area (Å²) in [6.45, 7) is 4.43. The van der Waals surface area contributed by atoms with Crippen LogP contribution in [-0.4, -0.2) is 82.3 Å². The summed E-state index contributed by atoms with van der Waals surface area (Å²) in [6, 6.07) is 0. The number of carbonyl (C=O) groups excluding carboxylic acids is 3. The number of unbranched alkanes of at least 4 members (excludes halogenated alkanes) is 13. The monoisotopic (exact) mass is 1010 g/mol. The minimum absolute atomic E-state index is 0.131. The predicted octanol–water partition coefficient (Wildman–Crippen LogP) is 15.3. The summed E-state index contributed by atoms with van der Waals surface area (Å²) in [7, 11) is 5.89. The molecule has 0 aromatic rings. The molecule has 0 heterocycles. The molecule has 2 unspecified atom stereocenters. The Bertz CT molecular complexity index is 1650. The first-order chi connectivity index (χ1) is 35.6. The van der Waals surface area contributed by atoms with E-state index in [-0.39, 0.29) is 32.7 Å². The third kappa shape index (κ3) is 55.0. The molecule has 0 rings (SSSR count). The second-order valence-electron chi connectivity index (χ2n) is 19.5. The summed E-state index contributed by atoms with van der Waals surface area (Å²) in [5, 5.41) is 11.8. The van der Waals surface area contributed by atoms with Crippen LogP contribution in [0, 0.1) is 0 Å². The minimum Gasteiger partial charge on any atom is -0.545 e. The molecule has 0 bridgehead atoms. The highest BCUT2D eigenvalue weighted by Gasteiger charge is 2.21. The Kier molecular flexibility index (Phi) is 50.4. The zero-order valence-corrected chi connectivity index (χ0v) is 46.7. The largest absolute Gasteiger partial charge is 0.545 e. The lowest BCUT2D eigenvalue weighted by atomic mass is 10.0. The van der Waals surface area contributed by atoms with E-state index in [0.717, 1.165) is 96.3 Å². The molecule has 412 valence electrons. The lowest BCUT2D eigenvalue weighted by Crippen LogP contribution is -2.44. The van der Waals surface area contributed by atoms with Gasteiger partial charge >= 0.3 is 11.9 Å². The molecule has 0 radical (unpaired) electrons. The SMILES string of the molecule is CC/C=C\C/C=C\C/C=C\C/C=C\C/C=C\C/C=C\CCCCCCCCCCCCCCC(=O)OC(COC(=O)CCC/C=C\C/C=C\C/C=C\C/C=C\C/C=C\CC)COC(OCC[N+](C)(C)C)C(=O)[O-]. The Balaban J connectivity index is 4.30. The fourth-order valence-corrected chi connectivity index (χ4v) is 7.10. The van der Waals surface area contributed by atoms with Gasteiger partial charge in [0.05, 0.1) is 40.3 Å². The van der Waals surface area contributed by atoms with E-state index in [0.29, 0.717) is 23.9 Å². The molecule has 2 atom stereocenters. The average molecular weight is 1010 g/mol. The van der Waals surface area contributed by atoms with E-state index in [1.807, 2.05) is 21.1 Å². The van der Waals surface area contributed by atoms with Crippen molar-refractivity contribution in [2.75, 3.05) is 47.5 Å². The average Bonchev–Trinajstić information content (AvgIpc) is 3.36. The van der Waals surface area contributed by atoms with E-state index in [2.05, 4.69) is 148 Å². The summed E-state index contributed by atoms with van der Waals surface area (Å²) in [6.07, 6.45) is 73.7. The van der Waals surface area contributed by atoms with Gasteiger partial charge < -0.3 is 33.3 Å². The van der Waals surface area contributed by atoms with Crippen LogP contribution in [-0.2, 0) is 33.3 Å².